The smallest absolute Gasteiger partial charge is 0.337 e. The molecule has 0 aliphatic heterocycles. The Hall–Kier alpha value is -3.09. The van der Waals surface area contributed by atoms with Gasteiger partial charge in [0.05, 0.1) is 14.2 Å². The highest BCUT2D eigenvalue weighted by atomic mass is 19.1. The maximum atomic E-state index is 12.9. The van der Waals surface area contributed by atoms with Gasteiger partial charge in [-0.25, -0.2) is 4.39 Å². The van der Waals surface area contributed by atoms with Crippen molar-refractivity contribution >= 4 is 0 Å². The van der Waals surface area contributed by atoms with E-state index in [-0.39, 0.29) is 11.8 Å². The molecule has 0 atom stereocenters. The SMILES string of the molecule is COc1ccc(-c2nc(OC)nn2NCCc2ccc(F)cc2)cc1. The minimum atomic E-state index is -0.237. The van der Waals surface area contributed by atoms with Crippen molar-refractivity contribution in [3.05, 3.63) is 59.9 Å². The first kappa shape index (κ1) is 16.8. The fraction of sp³-hybridized carbons (Fsp3) is 0.222. The van der Waals surface area contributed by atoms with Crippen LogP contribution < -0.4 is 14.9 Å². The summed E-state index contributed by atoms with van der Waals surface area (Å²) in [6, 6.07) is 14.2. The lowest BCUT2D eigenvalue weighted by atomic mass is 10.1. The predicted molar refractivity (Wildman–Crippen MR) is 92.9 cm³/mol. The Kier molecular flexibility index (Phi) is 5.13. The highest BCUT2D eigenvalue weighted by molar-refractivity contribution is 5.57. The van der Waals surface area contributed by atoms with E-state index in [1.165, 1.54) is 19.2 Å². The summed E-state index contributed by atoms with van der Waals surface area (Å²) in [6.45, 7) is 0.612. The standard InChI is InChI=1S/C18H19FN4O2/c1-24-16-9-5-14(6-10-16)17-21-18(25-2)22-23(17)20-12-11-13-3-7-15(19)8-4-13/h3-10,20H,11-12H2,1-2H3. The zero-order chi connectivity index (χ0) is 17.6. The second-order valence-electron chi connectivity index (χ2n) is 5.35. The molecule has 1 aromatic heterocycles. The van der Waals surface area contributed by atoms with Gasteiger partial charge in [-0.1, -0.05) is 17.2 Å². The molecular weight excluding hydrogens is 323 g/mol. The van der Waals surface area contributed by atoms with Crippen LogP contribution in [0.15, 0.2) is 48.5 Å². The summed E-state index contributed by atoms with van der Waals surface area (Å²) >= 11 is 0. The number of rotatable bonds is 7. The largest absolute Gasteiger partial charge is 0.497 e. The van der Waals surface area contributed by atoms with E-state index < -0.39 is 0 Å². The van der Waals surface area contributed by atoms with E-state index in [1.54, 1.807) is 24.0 Å². The third-order valence-electron chi connectivity index (χ3n) is 3.71. The van der Waals surface area contributed by atoms with Crippen molar-refractivity contribution in [2.75, 3.05) is 26.2 Å². The molecule has 3 rings (SSSR count). The van der Waals surface area contributed by atoms with Gasteiger partial charge in [0.25, 0.3) is 0 Å². The molecule has 0 saturated carbocycles. The lowest BCUT2D eigenvalue weighted by Crippen LogP contribution is -2.20. The molecule has 25 heavy (non-hydrogen) atoms. The number of nitrogens with zero attached hydrogens (tertiary/aromatic N) is 3. The molecule has 7 heteroatoms. The third kappa shape index (κ3) is 4.06. The second kappa shape index (κ2) is 7.65. The normalized spacial score (nSPS) is 10.5. The zero-order valence-corrected chi connectivity index (χ0v) is 14.1. The Morgan fingerprint density at radius 3 is 2.36 bits per heavy atom. The van der Waals surface area contributed by atoms with Crippen LogP contribution in [-0.2, 0) is 6.42 Å². The molecule has 2 aromatic carbocycles. The van der Waals surface area contributed by atoms with E-state index in [1.807, 2.05) is 24.3 Å². The van der Waals surface area contributed by atoms with Gasteiger partial charge in [0.15, 0.2) is 5.82 Å². The van der Waals surface area contributed by atoms with E-state index in [0.29, 0.717) is 12.4 Å². The van der Waals surface area contributed by atoms with Crippen molar-refractivity contribution in [2.45, 2.75) is 6.42 Å². The maximum absolute atomic E-state index is 12.9. The average molecular weight is 342 g/mol. The molecule has 0 amide bonds. The lowest BCUT2D eigenvalue weighted by Gasteiger charge is -2.09. The number of methoxy groups -OCH3 is 2. The number of ether oxygens (including phenoxy) is 2. The molecule has 1 N–H and O–H groups in total. The van der Waals surface area contributed by atoms with Gasteiger partial charge in [0, 0.05) is 12.1 Å². The van der Waals surface area contributed by atoms with Crippen molar-refractivity contribution in [3.63, 3.8) is 0 Å². The third-order valence-corrected chi connectivity index (χ3v) is 3.71. The average Bonchev–Trinajstić information content (AvgIpc) is 3.07. The van der Waals surface area contributed by atoms with Crippen LogP contribution in [0.25, 0.3) is 11.4 Å². The zero-order valence-electron chi connectivity index (χ0n) is 14.1. The van der Waals surface area contributed by atoms with Gasteiger partial charge in [-0.15, -0.1) is 0 Å². The van der Waals surface area contributed by atoms with Crippen LogP contribution in [0.5, 0.6) is 11.8 Å². The molecule has 0 bridgehead atoms. The highest BCUT2D eigenvalue weighted by Gasteiger charge is 2.12. The molecular formula is C18H19FN4O2. The first-order chi connectivity index (χ1) is 12.2. The summed E-state index contributed by atoms with van der Waals surface area (Å²) in [5.41, 5.74) is 5.11. The Bertz CT molecular complexity index is 816. The first-order valence-electron chi connectivity index (χ1n) is 7.83. The Balaban J connectivity index is 1.73. The van der Waals surface area contributed by atoms with Crippen LogP contribution in [0.2, 0.25) is 0 Å². The van der Waals surface area contributed by atoms with Crippen molar-refractivity contribution in [3.8, 4) is 23.1 Å². The van der Waals surface area contributed by atoms with Crippen LogP contribution in [0.1, 0.15) is 5.56 Å². The van der Waals surface area contributed by atoms with Gasteiger partial charge in [-0.3, -0.25) is 0 Å². The van der Waals surface area contributed by atoms with Gasteiger partial charge in [-0.2, -0.15) is 9.77 Å². The van der Waals surface area contributed by atoms with E-state index in [0.717, 1.165) is 23.3 Å². The lowest BCUT2D eigenvalue weighted by molar-refractivity contribution is 0.378. The molecule has 0 unspecified atom stereocenters. The molecule has 130 valence electrons. The van der Waals surface area contributed by atoms with Crippen LogP contribution in [0.3, 0.4) is 0 Å². The van der Waals surface area contributed by atoms with Crippen LogP contribution in [-0.4, -0.2) is 35.6 Å². The van der Waals surface area contributed by atoms with E-state index >= 15 is 0 Å². The van der Waals surface area contributed by atoms with Crippen LogP contribution in [0.4, 0.5) is 4.39 Å². The minimum Gasteiger partial charge on any atom is -0.497 e. The molecule has 6 nitrogen and oxygen atoms in total. The molecule has 0 spiro atoms. The quantitative estimate of drug-likeness (QED) is 0.715. The topological polar surface area (TPSA) is 61.2 Å². The van der Waals surface area contributed by atoms with Crippen LogP contribution >= 0.6 is 0 Å². The van der Waals surface area contributed by atoms with Gasteiger partial charge >= 0.3 is 6.01 Å². The summed E-state index contributed by atoms with van der Waals surface area (Å²) in [4.78, 5) is 5.96. The van der Waals surface area contributed by atoms with Crippen LogP contribution in [0, 0.1) is 5.82 Å². The highest BCUT2D eigenvalue weighted by Crippen LogP contribution is 2.22. The Labute approximate surface area is 145 Å². The van der Waals surface area contributed by atoms with E-state index in [2.05, 4.69) is 15.5 Å². The fourth-order valence-corrected chi connectivity index (χ4v) is 2.37. The molecule has 0 radical (unpaired) electrons. The van der Waals surface area contributed by atoms with Crippen molar-refractivity contribution in [1.29, 1.82) is 0 Å². The summed E-state index contributed by atoms with van der Waals surface area (Å²) in [5.74, 6) is 1.17. The summed E-state index contributed by atoms with van der Waals surface area (Å²) in [7, 11) is 3.15. The van der Waals surface area contributed by atoms with E-state index in [9.17, 15) is 4.39 Å². The van der Waals surface area contributed by atoms with E-state index in [4.69, 9.17) is 9.47 Å². The van der Waals surface area contributed by atoms with Crippen molar-refractivity contribution in [1.82, 2.24) is 14.9 Å². The second-order valence-corrected chi connectivity index (χ2v) is 5.35. The van der Waals surface area contributed by atoms with Gasteiger partial charge in [0.1, 0.15) is 11.6 Å². The molecule has 3 aromatic rings. The Morgan fingerprint density at radius 2 is 1.72 bits per heavy atom. The molecule has 0 saturated heterocycles. The number of halogens is 1. The fourth-order valence-electron chi connectivity index (χ4n) is 2.37. The maximum Gasteiger partial charge on any atom is 0.337 e. The molecule has 0 aliphatic rings. The number of nitrogens with one attached hydrogen (secondary N) is 1. The van der Waals surface area contributed by atoms with Gasteiger partial charge in [0.2, 0.25) is 0 Å². The van der Waals surface area contributed by atoms with Crippen molar-refractivity contribution in [2.24, 2.45) is 0 Å². The number of aromatic nitrogens is 3. The van der Waals surface area contributed by atoms with Gasteiger partial charge < -0.3 is 14.9 Å². The Morgan fingerprint density at radius 1 is 1.00 bits per heavy atom. The monoisotopic (exact) mass is 342 g/mol. The van der Waals surface area contributed by atoms with Gasteiger partial charge in [-0.05, 0) is 48.4 Å². The molecule has 0 aliphatic carbocycles. The summed E-state index contributed by atoms with van der Waals surface area (Å²) in [6.07, 6.45) is 0.727. The minimum absolute atomic E-state index is 0.237. The predicted octanol–water partition coefficient (Wildman–Crippen LogP) is 2.89. The van der Waals surface area contributed by atoms with Crippen molar-refractivity contribution < 1.29 is 13.9 Å². The molecule has 1 heterocycles. The summed E-state index contributed by atoms with van der Waals surface area (Å²) < 4.78 is 23.3. The number of benzene rings is 2. The number of hydrogen-bond acceptors (Lipinski definition) is 5. The summed E-state index contributed by atoms with van der Waals surface area (Å²) in [5, 5.41) is 4.27. The first-order valence-corrected chi connectivity index (χ1v) is 7.83. The number of hydrogen-bond donors (Lipinski definition) is 1. The molecule has 0 fully saturated rings.